The highest BCUT2D eigenvalue weighted by Gasteiger charge is 2.46. The molecule has 0 radical (unpaired) electrons. The van der Waals surface area contributed by atoms with Crippen molar-refractivity contribution in [2.75, 3.05) is 0 Å². The average Bonchev–Trinajstić information content (AvgIpc) is 2.77. The van der Waals surface area contributed by atoms with Crippen LogP contribution in [0.3, 0.4) is 0 Å². The number of carbonyl (C=O) groups excluding carboxylic acids is 2. The monoisotopic (exact) mass is 446 g/mol. The van der Waals surface area contributed by atoms with Gasteiger partial charge in [-0.3, -0.25) is 9.59 Å². The molecule has 1 saturated carbocycles. The van der Waals surface area contributed by atoms with E-state index in [1.54, 1.807) is 0 Å². The minimum atomic E-state index is -0.284. The van der Waals surface area contributed by atoms with Gasteiger partial charge in [0.25, 0.3) is 0 Å². The molecule has 0 amide bonds. The van der Waals surface area contributed by atoms with Gasteiger partial charge in [0.05, 0.1) is 0 Å². The smallest absolute Gasteiger partial charge is 0.167 e. The van der Waals surface area contributed by atoms with Crippen LogP contribution in [0, 0.1) is 11.8 Å². The maximum Gasteiger partial charge on any atom is 0.167 e. The first-order valence-corrected chi connectivity index (χ1v) is 10.8. The molecule has 3 heteroatoms. The molecule has 4 unspecified atom stereocenters. The minimum absolute atomic E-state index is 0.117. The molecule has 0 bridgehead atoms. The van der Waals surface area contributed by atoms with Crippen molar-refractivity contribution in [1.82, 2.24) is 0 Å². The van der Waals surface area contributed by atoms with Crippen LogP contribution in [0.25, 0.3) is 0 Å². The van der Waals surface area contributed by atoms with Crippen molar-refractivity contribution in [1.29, 1.82) is 0 Å². The molecule has 146 valence electrons. The SMILES string of the molecule is CC1C(=O)CC(c2ccccc2)C(C(=O)c2ccccc2)C1c1ccc(Br)cc1. The van der Waals surface area contributed by atoms with Crippen molar-refractivity contribution >= 4 is 27.5 Å². The van der Waals surface area contributed by atoms with Crippen molar-refractivity contribution in [3.63, 3.8) is 0 Å². The first-order chi connectivity index (χ1) is 14.1. The Balaban J connectivity index is 1.85. The molecule has 0 spiro atoms. The molecule has 3 aromatic carbocycles. The molecular weight excluding hydrogens is 424 g/mol. The van der Waals surface area contributed by atoms with Crippen molar-refractivity contribution in [3.05, 3.63) is 106 Å². The van der Waals surface area contributed by atoms with Gasteiger partial charge in [-0.25, -0.2) is 0 Å². The molecule has 4 rings (SSSR count). The second-order valence-corrected chi connectivity index (χ2v) is 8.73. The fourth-order valence-electron chi connectivity index (χ4n) is 4.64. The van der Waals surface area contributed by atoms with Gasteiger partial charge < -0.3 is 0 Å². The molecule has 0 saturated heterocycles. The summed E-state index contributed by atoms with van der Waals surface area (Å²) < 4.78 is 0.988. The summed E-state index contributed by atoms with van der Waals surface area (Å²) in [5.74, 6) is -0.415. The molecule has 3 aromatic rings. The summed E-state index contributed by atoms with van der Waals surface area (Å²) in [5.41, 5.74) is 2.81. The standard InChI is InChI=1S/C26H23BrO2/c1-17-23(28)16-22(18-8-4-2-5-9-18)25(26(29)20-10-6-3-7-11-20)24(17)19-12-14-21(27)15-13-19/h2-15,17,22,24-25H,16H2,1H3. The fraction of sp³-hybridized carbons (Fsp3) is 0.231. The molecule has 0 heterocycles. The van der Waals surface area contributed by atoms with Crippen LogP contribution in [0.2, 0.25) is 0 Å². The molecular formula is C26H23BrO2. The summed E-state index contributed by atoms with van der Waals surface area (Å²) in [4.78, 5) is 26.8. The van der Waals surface area contributed by atoms with E-state index in [4.69, 9.17) is 0 Å². The Kier molecular flexibility index (Phi) is 5.77. The molecule has 4 atom stereocenters. The van der Waals surface area contributed by atoms with E-state index in [-0.39, 0.29) is 35.2 Å². The molecule has 0 aromatic heterocycles. The van der Waals surface area contributed by atoms with E-state index in [0.717, 1.165) is 15.6 Å². The predicted octanol–water partition coefficient (Wildman–Crippen LogP) is 6.42. The van der Waals surface area contributed by atoms with Crippen LogP contribution in [-0.2, 0) is 4.79 Å². The molecule has 1 aliphatic carbocycles. The molecule has 1 fully saturated rings. The van der Waals surface area contributed by atoms with E-state index < -0.39 is 0 Å². The van der Waals surface area contributed by atoms with Crippen LogP contribution >= 0.6 is 15.9 Å². The molecule has 0 N–H and O–H groups in total. The number of hydrogen-bond donors (Lipinski definition) is 0. The largest absolute Gasteiger partial charge is 0.299 e. The summed E-state index contributed by atoms with van der Waals surface area (Å²) in [7, 11) is 0. The van der Waals surface area contributed by atoms with E-state index in [2.05, 4.69) is 15.9 Å². The molecule has 2 nitrogen and oxygen atoms in total. The van der Waals surface area contributed by atoms with E-state index in [1.807, 2.05) is 91.9 Å². The quantitative estimate of drug-likeness (QED) is 0.433. The van der Waals surface area contributed by atoms with Gasteiger partial charge in [0.1, 0.15) is 5.78 Å². The maximum absolute atomic E-state index is 13.8. The third-order valence-corrected chi connectivity index (χ3v) is 6.66. The van der Waals surface area contributed by atoms with Gasteiger partial charge in [0, 0.05) is 40.1 Å². The van der Waals surface area contributed by atoms with E-state index in [1.165, 1.54) is 0 Å². The number of Topliss-reactive ketones (excluding diaryl/α,β-unsaturated/α-hetero) is 2. The van der Waals surface area contributed by atoms with Gasteiger partial charge in [0.15, 0.2) is 5.78 Å². The zero-order chi connectivity index (χ0) is 20.4. The number of benzene rings is 3. The third-order valence-electron chi connectivity index (χ3n) is 6.13. The molecule has 0 aliphatic heterocycles. The van der Waals surface area contributed by atoms with Gasteiger partial charge >= 0.3 is 0 Å². The number of halogens is 1. The van der Waals surface area contributed by atoms with Gasteiger partial charge in [-0.2, -0.15) is 0 Å². The van der Waals surface area contributed by atoms with Crippen molar-refractivity contribution in [2.45, 2.75) is 25.2 Å². The highest BCUT2D eigenvalue weighted by atomic mass is 79.9. The predicted molar refractivity (Wildman–Crippen MR) is 119 cm³/mol. The Morgan fingerprint density at radius 2 is 1.41 bits per heavy atom. The molecule has 1 aliphatic rings. The Bertz CT molecular complexity index is 996. The van der Waals surface area contributed by atoms with Gasteiger partial charge in [-0.1, -0.05) is 95.7 Å². The Morgan fingerprint density at radius 1 is 0.828 bits per heavy atom. The number of carbonyl (C=O) groups is 2. The lowest BCUT2D eigenvalue weighted by molar-refractivity contribution is -0.126. The summed E-state index contributed by atoms with van der Waals surface area (Å²) in [5, 5.41) is 0. The van der Waals surface area contributed by atoms with Crippen LogP contribution in [-0.4, -0.2) is 11.6 Å². The van der Waals surface area contributed by atoms with Crippen molar-refractivity contribution < 1.29 is 9.59 Å². The second kappa shape index (κ2) is 8.46. The zero-order valence-corrected chi connectivity index (χ0v) is 17.9. The minimum Gasteiger partial charge on any atom is -0.299 e. The van der Waals surface area contributed by atoms with E-state index in [0.29, 0.717) is 12.0 Å². The lowest BCUT2D eigenvalue weighted by Gasteiger charge is -2.41. The highest BCUT2D eigenvalue weighted by Crippen LogP contribution is 2.49. The fourth-order valence-corrected chi connectivity index (χ4v) is 4.90. The summed E-state index contributed by atoms with van der Waals surface area (Å²) >= 11 is 3.49. The topological polar surface area (TPSA) is 34.1 Å². The van der Waals surface area contributed by atoms with E-state index in [9.17, 15) is 9.59 Å². The lowest BCUT2D eigenvalue weighted by atomic mass is 9.60. The summed E-state index contributed by atoms with van der Waals surface area (Å²) in [6, 6.07) is 27.5. The third kappa shape index (κ3) is 3.97. The van der Waals surface area contributed by atoms with Crippen LogP contribution in [0.5, 0.6) is 0 Å². The van der Waals surface area contributed by atoms with Crippen LogP contribution in [0.15, 0.2) is 89.4 Å². The Labute approximate surface area is 180 Å². The number of rotatable bonds is 4. The summed E-state index contributed by atoms with van der Waals surface area (Å²) in [6.45, 7) is 1.97. The van der Waals surface area contributed by atoms with Crippen molar-refractivity contribution in [2.24, 2.45) is 11.8 Å². The maximum atomic E-state index is 13.8. The first kappa shape index (κ1) is 19.8. The Morgan fingerprint density at radius 3 is 2.03 bits per heavy atom. The van der Waals surface area contributed by atoms with Crippen LogP contribution in [0.1, 0.15) is 46.7 Å². The van der Waals surface area contributed by atoms with Gasteiger partial charge in [0.2, 0.25) is 0 Å². The van der Waals surface area contributed by atoms with Crippen LogP contribution < -0.4 is 0 Å². The zero-order valence-electron chi connectivity index (χ0n) is 16.3. The van der Waals surface area contributed by atoms with Gasteiger partial charge in [-0.15, -0.1) is 0 Å². The van der Waals surface area contributed by atoms with E-state index >= 15 is 0 Å². The average molecular weight is 447 g/mol. The first-order valence-electron chi connectivity index (χ1n) is 9.98. The molecule has 29 heavy (non-hydrogen) atoms. The number of ketones is 2. The highest BCUT2D eigenvalue weighted by molar-refractivity contribution is 9.10. The normalized spacial score (nSPS) is 24.3. The second-order valence-electron chi connectivity index (χ2n) is 7.81. The summed E-state index contributed by atoms with van der Waals surface area (Å²) in [6.07, 6.45) is 0.404. The lowest BCUT2D eigenvalue weighted by Crippen LogP contribution is -2.41. The van der Waals surface area contributed by atoms with Gasteiger partial charge in [-0.05, 0) is 23.3 Å². The number of hydrogen-bond acceptors (Lipinski definition) is 2. The van der Waals surface area contributed by atoms with Crippen LogP contribution in [0.4, 0.5) is 0 Å². The van der Waals surface area contributed by atoms with Crippen molar-refractivity contribution in [3.8, 4) is 0 Å². The Hall–Kier alpha value is -2.52.